The molecule has 0 amide bonds. The molecule has 2 heterocycles. The number of rotatable bonds is 2. The molecule has 0 aliphatic rings. The molecule has 0 radical (unpaired) electrons. The van der Waals surface area contributed by atoms with Gasteiger partial charge in [-0.3, -0.25) is 4.40 Å². The third-order valence-corrected chi connectivity index (χ3v) is 2.13. The van der Waals surface area contributed by atoms with Crippen molar-refractivity contribution in [2.24, 2.45) is 5.73 Å². The Labute approximate surface area is 85.9 Å². The van der Waals surface area contributed by atoms with Crippen LogP contribution in [0.2, 0.25) is 5.15 Å². The molecule has 2 aromatic rings. The molecule has 0 aliphatic heterocycles. The first-order valence-electron chi connectivity index (χ1n) is 4.28. The predicted molar refractivity (Wildman–Crippen MR) is 53.1 cm³/mol. The maximum Gasteiger partial charge on any atom is 0.198 e. The molecule has 0 fully saturated rings. The van der Waals surface area contributed by atoms with Gasteiger partial charge in [-0.25, -0.2) is 4.98 Å². The van der Waals surface area contributed by atoms with Crippen molar-refractivity contribution in [2.45, 2.75) is 19.4 Å². The first-order valence-corrected chi connectivity index (χ1v) is 4.66. The van der Waals surface area contributed by atoms with Crippen molar-refractivity contribution < 1.29 is 0 Å². The maximum absolute atomic E-state index is 5.84. The highest BCUT2D eigenvalue weighted by atomic mass is 35.5. The maximum atomic E-state index is 5.84. The Balaban J connectivity index is 2.52. The van der Waals surface area contributed by atoms with Crippen LogP contribution in [0, 0.1) is 0 Å². The molecule has 74 valence electrons. The van der Waals surface area contributed by atoms with E-state index in [-0.39, 0.29) is 6.04 Å². The highest BCUT2D eigenvalue weighted by Crippen LogP contribution is 2.12. The van der Waals surface area contributed by atoms with E-state index >= 15 is 0 Å². The number of aromatic nitrogens is 4. The van der Waals surface area contributed by atoms with Crippen LogP contribution in [0.1, 0.15) is 12.7 Å². The Morgan fingerprint density at radius 3 is 3.07 bits per heavy atom. The molecule has 0 spiro atoms. The first kappa shape index (κ1) is 9.36. The smallest absolute Gasteiger partial charge is 0.198 e. The van der Waals surface area contributed by atoms with Crippen molar-refractivity contribution in [1.82, 2.24) is 19.6 Å². The minimum Gasteiger partial charge on any atom is -0.328 e. The highest BCUT2D eigenvalue weighted by Gasteiger charge is 2.09. The molecule has 5 nitrogen and oxygen atoms in total. The molecule has 0 bridgehead atoms. The second-order valence-corrected chi connectivity index (χ2v) is 3.57. The number of hydrogen-bond donors (Lipinski definition) is 1. The molecule has 2 aromatic heterocycles. The van der Waals surface area contributed by atoms with Gasteiger partial charge in [-0.1, -0.05) is 11.6 Å². The fraction of sp³-hybridized carbons (Fsp3) is 0.375. The van der Waals surface area contributed by atoms with Gasteiger partial charge in [0.25, 0.3) is 0 Å². The molecule has 14 heavy (non-hydrogen) atoms. The van der Waals surface area contributed by atoms with Gasteiger partial charge in [0.1, 0.15) is 5.82 Å². The van der Waals surface area contributed by atoms with Crippen LogP contribution in [0.25, 0.3) is 5.65 Å². The van der Waals surface area contributed by atoms with Gasteiger partial charge in [0.2, 0.25) is 0 Å². The fourth-order valence-electron chi connectivity index (χ4n) is 1.27. The van der Waals surface area contributed by atoms with Gasteiger partial charge in [0.15, 0.2) is 10.8 Å². The molecule has 0 saturated carbocycles. The van der Waals surface area contributed by atoms with Gasteiger partial charge in [-0.05, 0) is 6.92 Å². The van der Waals surface area contributed by atoms with Gasteiger partial charge in [-0.2, -0.15) is 0 Å². The Kier molecular flexibility index (Phi) is 2.35. The van der Waals surface area contributed by atoms with Crippen LogP contribution in [-0.4, -0.2) is 25.6 Å². The van der Waals surface area contributed by atoms with E-state index in [1.807, 2.05) is 6.92 Å². The summed E-state index contributed by atoms with van der Waals surface area (Å²) in [6, 6.07) is 0.0503. The van der Waals surface area contributed by atoms with E-state index < -0.39 is 0 Å². The van der Waals surface area contributed by atoms with Crippen LogP contribution < -0.4 is 5.73 Å². The number of hydrogen-bond acceptors (Lipinski definition) is 4. The van der Waals surface area contributed by atoms with Gasteiger partial charge >= 0.3 is 0 Å². The van der Waals surface area contributed by atoms with Crippen LogP contribution in [0.15, 0.2) is 12.4 Å². The quantitative estimate of drug-likeness (QED) is 0.793. The lowest BCUT2D eigenvalue weighted by Crippen LogP contribution is -2.19. The SMILES string of the molecule is CC(N)Cc1nnc2c(Cl)nccn12. The molecule has 0 saturated heterocycles. The minimum atomic E-state index is 0.0503. The standard InChI is InChI=1S/C8H10ClN5/c1-5(10)4-6-12-13-8-7(9)11-2-3-14(6)8/h2-3,5H,4,10H2,1H3. The van der Waals surface area contributed by atoms with Gasteiger partial charge < -0.3 is 5.73 Å². The number of nitrogens with zero attached hydrogens (tertiary/aromatic N) is 4. The first-order chi connectivity index (χ1) is 6.68. The molecule has 1 atom stereocenters. The minimum absolute atomic E-state index is 0.0503. The van der Waals surface area contributed by atoms with Crippen LogP contribution in [-0.2, 0) is 6.42 Å². The third kappa shape index (κ3) is 1.56. The lowest BCUT2D eigenvalue weighted by molar-refractivity contribution is 0.694. The summed E-state index contributed by atoms with van der Waals surface area (Å²) in [5.74, 6) is 0.805. The summed E-state index contributed by atoms with van der Waals surface area (Å²) in [5.41, 5.74) is 6.26. The van der Waals surface area contributed by atoms with E-state index in [2.05, 4.69) is 15.2 Å². The van der Waals surface area contributed by atoms with Crippen molar-refractivity contribution in [3.05, 3.63) is 23.4 Å². The van der Waals surface area contributed by atoms with Crippen LogP contribution in [0.5, 0.6) is 0 Å². The summed E-state index contributed by atoms with van der Waals surface area (Å²) >= 11 is 5.84. The zero-order valence-electron chi connectivity index (χ0n) is 7.68. The zero-order chi connectivity index (χ0) is 10.1. The topological polar surface area (TPSA) is 69.1 Å². The molecular formula is C8H10ClN5. The molecule has 0 aromatic carbocycles. The van der Waals surface area contributed by atoms with E-state index in [1.165, 1.54) is 0 Å². The van der Waals surface area contributed by atoms with Gasteiger partial charge in [0, 0.05) is 24.9 Å². The summed E-state index contributed by atoms with van der Waals surface area (Å²) in [6.07, 6.45) is 4.06. The van der Waals surface area contributed by atoms with Gasteiger partial charge in [0.05, 0.1) is 0 Å². The molecular weight excluding hydrogens is 202 g/mol. The van der Waals surface area contributed by atoms with E-state index in [0.29, 0.717) is 17.2 Å². The molecule has 6 heteroatoms. The molecule has 2 N–H and O–H groups in total. The summed E-state index contributed by atoms with van der Waals surface area (Å²) < 4.78 is 1.80. The van der Waals surface area contributed by atoms with Crippen molar-refractivity contribution in [3.8, 4) is 0 Å². The Bertz CT molecular complexity index is 450. The second kappa shape index (κ2) is 3.51. The lowest BCUT2D eigenvalue weighted by atomic mass is 10.2. The molecule has 0 aliphatic carbocycles. The summed E-state index contributed by atoms with van der Waals surface area (Å²) in [7, 11) is 0. The van der Waals surface area contributed by atoms with Crippen LogP contribution in [0.3, 0.4) is 0 Å². The Hall–Kier alpha value is -1.20. The number of halogens is 1. The largest absolute Gasteiger partial charge is 0.328 e. The monoisotopic (exact) mass is 211 g/mol. The second-order valence-electron chi connectivity index (χ2n) is 3.21. The predicted octanol–water partition coefficient (Wildman–Crippen LogP) is 0.667. The van der Waals surface area contributed by atoms with Crippen molar-refractivity contribution >= 4 is 17.2 Å². The number of fused-ring (bicyclic) bond motifs is 1. The number of nitrogens with two attached hydrogens (primary N) is 1. The Morgan fingerprint density at radius 2 is 2.36 bits per heavy atom. The normalized spacial score (nSPS) is 13.4. The van der Waals surface area contributed by atoms with Crippen molar-refractivity contribution in [1.29, 1.82) is 0 Å². The summed E-state index contributed by atoms with van der Waals surface area (Å²) in [5, 5.41) is 8.30. The van der Waals surface area contributed by atoms with E-state index in [9.17, 15) is 0 Å². The fourth-order valence-corrected chi connectivity index (χ4v) is 1.46. The highest BCUT2D eigenvalue weighted by molar-refractivity contribution is 6.32. The zero-order valence-corrected chi connectivity index (χ0v) is 8.44. The van der Waals surface area contributed by atoms with Crippen LogP contribution in [0.4, 0.5) is 0 Å². The summed E-state index contributed by atoms with van der Waals surface area (Å²) in [4.78, 5) is 3.91. The average Bonchev–Trinajstić information content (AvgIpc) is 2.49. The van der Waals surface area contributed by atoms with E-state index in [0.717, 1.165) is 5.82 Å². The molecule has 1 unspecified atom stereocenters. The van der Waals surface area contributed by atoms with Gasteiger partial charge in [-0.15, -0.1) is 10.2 Å². The third-order valence-electron chi connectivity index (χ3n) is 1.86. The van der Waals surface area contributed by atoms with Crippen molar-refractivity contribution in [2.75, 3.05) is 0 Å². The van der Waals surface area contributed by atoms with E-state index in [1.54, 1.807) is 16.8 Å². The molecule has 2 rings (SSSR count). The average molecular weight is 212 g/mol. The van der Waals surface area contributed by atoms with Crippen LogP contribution >= 0.6 is 11.6 Å². The van der Waals surface area contributed by atoms with E-state index in [4.69, 9.17) is 17.3 Å². The Morgan fingerprint density at radius 1 is 1.57 bits per heavy atom. The lowest BCUT2D eigenvalue weighted by Gasteiger charge is -2.02. The summed E-state index contributed by atoms with van der Waals surface area (Å²) in [6.45, 7) is 1.92. The van der Waals surface area contributed by atoms with Crippen molar-refractivity contribution in [3.63, 3.8) is 0 Å².